The summed E-state index contributed by atoms with van der Waals surface area (Å²) in [6, 6.07) is 5.23. The van der Waals surface area contributed by atoms with E-state index in [9.17, 15) is 22.8 Å². The van der Waals surface area contributed by atoms with Crippen molar-refractivity contribution < 1.29 is 32.3 Å². The summed E-state index contributed by atoms with van der Waals surface area (Å²) in [7, 11) is -3.92. The van der Waals surface area contributed by atoms with Gasteiger partial charge in [0.15, 0.2) is 6.61 Å². The first-order valence-electron chi connectivity index (χ1n) is 7.54. The minimum atomic E-state index is -3.92. The quantitative estimate of drug-likeness (QED) is 0.672. The molecule has 0 radical (unpaired) electrons. The number of rotatable bonds is 6. The predicted molar refractivity (Wildman–Crippen MR) is 85.1 cm³/mol. The second-order valence-corrected chi connectivity index (χ2v) is 7.04. The minimum absolute atomic E-state index is 0.0214. The summed E-state index contributed by atoms with van der Waals surface area (Å²) in [6.45, 7) is 1.31. The molecule has 1 fully saturated rings. The van der Waals surface area contributed by atoms with Crippen molar-refractivity contribution in [2.75, 3.05) is 32.8 Å². The van der Waals surface area contributed by atoms with Crippen LogP contribution in [0, 0.1) is 0 Å². The van der Waals surface area contributed by atoms with Crippen molar-refractivity contribution in [1.29, 1.82) is 0 Å². The van der Waals surface area contributed by atoms with Crippen LogP contribution >= 0.6 is 0 Å². The molecule has 0 aliphatic carbocycles. The SMILES string of the molecule is CCOC(=O)COC(=O)c1cccc(S(=O)(=O)N2CCNC(=O)C2)c1. The molecule has 1 aromatic carbocycles. The molecule has 25 heavy (non-hydrogen) atoms. The summed E-state index contributed by atoms with van der Waals surface area (Å²) in [5.74, 6) is -1.93. The van der Waals surface area contributed by atoms with Crippen molar-refractivity contribution in [3.63, 3.8) is 0 Å². The molecular formula is C15H18N2O7S. The van der Waals surface area contributed by atoms with E-state index in [0.717, 1.165) is 10.4 Å². The molecule has 1 amide bonds. The largest absolute Gasteiger partial charge is 0.463 e. The highest BCUT2D eigenvalue weighted by Crippen LogP contribution is 2.18. The summed E-state index contributed by atoms with van der Waals surface area (Å²) < 4.78 is 35.6. The second kappa shape index (κ2) is 8.08. The van der Waals surface area contributed by atoms with Crippen molar-refractivity contribution in [2.45, 2.75) is 11.8 Å². The number of sulfonamides is 1. The fourth-order valence-corrected chi connectivity index (χ4v) is 3.61. The molecule has 0 aromatic heterocycles. The Balaban J connectivity index is 2.13. The van der Waals surface area contributed by atoms with Gasteiger partial charge in [0.05, 0.1) is 23.6 Å². The van der Waals surface area contributed by atoms with E-state index in [1.807, 2.05) is 0 Å². The molecule has 9 nitrogen and oxygen atoms in total. The predicted octanol–water partition coefficient (Wildman–Crippen LogP) is -0.473. The van der Waals surface area contributed by atoms with Gasteiger partial charge < -0.3 is 14.8 Å². The highest BCUT2D eigenvalue weighted by Gasteiger charge is 2.29. The smallest absolute Gasteiger partial charge is 0.344 e. The lowest BCUT2D eigenvalue weighted by Gasteiger charge is -2.25. The minimum Gasteiger partial charge on any atom is -0.463 e. The maximum atomic E-state index is 12.6. The molecule has 2 rings (SSSR count). The zero-order chi connectivity index (χ0) is 18.4. The molecule has 1 N–H and O–H groups in total. The Labute approximate surface area is 144 Å². The molecule has 1 heterocycles. The fraction of sp³-hybridized carbons (Fsp3) is 0.400. The summed E-state index contributed by atoms with van der Waals surface area (Å²) in [4.78, 5) is 34.4. The molecule has 136 valence electrons. The van der Waals surface area contributed by atoms with Gasteiger partial charge in [0.1, 0.15) is 0 Å². The lowest BCUT2D eigenvalue weighted by Crippen LogP contribution is -2.49. The lowest BCUT2D eigenvalue weighted by molar-refractivity contribution is -0.146. The molecule has 1 aromatic rings. The van der Waals surface area contributed by atoms with Gasteiger partial charge >= 0.3 is 11.9 Å². The van der Waals surface area contributed by atoms with E-state index >= 15 is 0 Å². The fourth-order valence-electron chi connectivity index (χ4n) is 2.16. The maximum absolute atomic E-state index is 12.6. The molecule has 10 heteroatoms. The number of nitrogens with zero attached hydrogens (tertiary/aromatic N) is 1. The van der Waals surface area contributed by atoms with Crippen molar-refractivity contribution in [2.24, 2.45) is 0 Å². The van der Waals surface area contributed by atoms with Crippen LogP contribution in [0.3, 0.4) is 0 Å². The van der Waals surface area contributed by atoms with E-state index in [1.54, 1.807) is 6.92 Å². The van der Waals surface area contributed by atoms with Crippen LogP contribution in [-0.2, 0) is 29.1 Å². The number of piperazine rings is 1. The molecule has 0 unspecified atom stereocenters. The van der Waals surface area contributed by atoms with Crippen LogP contribution in [-0.4, -0.2) is 63.4 Å². The molecule has 0 bridgehead atoms. The number of hydrogen-bond donors (Lipinski definition) is 1. The van der Waals surface area contributed by atoms with E-state index < -0.39 is 28.6 Å². The van der Waals surface area contributed by atoms with Crippen LogP contribution in [0.5, 0.6) is 0 Å². The van der Waals surface area contributed by atoms with Gasteiger partial charge in [-0.05, 0) is 25.1 Å². The van der Waals surface area contributed by atoms with Crippen molar-refractivity contribution in [3.8, 4) is 0 Å². The third kappa shape index (κ3) is 4.77. The number of benzene rings is 1. The third-order valence-electron chi connectivity index (χ3n) is 3.34. The van der Waals surface area contributed by atoms with E-state index in [-0.39, 0.29) is 42.6 Å². The van der Waals surface area contributed by atoms with Crippen LogP contribution in [0.15, 0.2) is 29.2 Å². The Kier molecular flexibility index (Phi) is 6.10. The Morgan fingerprint density at radius 2 is 2.04 bits per heavy atom. The van der Waals surface area contributed by atoms with Gasteiger partial charge in [-0.25, -0.2) is 18.0 Å². The van der Waals surface area contributed by atoms with E-state index in [4.69, 9.17) is 4.74 Å². The number of nitrogens with one attached hydrogen (secondary N) is 1. The van der Waals surface area contributed by atoms with E-state index in [1.165, 1.54) is 18.2 Å². The summed E-state index contributed by atoms with van der Waals surface area (Å²) in [5, 5.41) is 2.54. The lowest BCUT2D eigenvalue weighted by atomic mass is 10.2. The Hall–Kier alpha value is -2.46. The van der Waals surface area contributed by atoms with Gasteiger partial charge in [-0.15, -0.1) is 0 Å². The van der Waals surface area contributed by atoms with E-state index in [0.29, 0.717) is 0 Å². The number of carbonyl (C=O) groups is 3. The molecule has 0 atom stereocenters. The standard InChI is InChI=1S/C15H18N2O7S/c1-2-23-14(19)10-24-15(20)11-4-3-5-12(8-11)25(21,22)17-7-6-16-13(18)9-17/h3-5,8H,2,6-7,9-10H2,1H3,(H,16,18). The monoisotopic (exact) mass is 370 g/mol. The average molecular weight is 370 g/mol. The zero-order valence-electron chi connectivity index (χ0n) is 13.6. The molecule has 0 saturated carbocycles. The average Bonchev–Trinajstić information content (AvgIpc) is 2.60. The van der Waals surface area contributed by atoms with Crippen LogP contribution < -0.4 is 5.32 Å². The molecule has 1 saturated heterocycles. The number of esters is 2. The zero-order valence-corrected chi connectivity index (χ0v) is 14.4. The Bertz CT molecular complexity index is 776. The number of ether oxygens (including phenoxy) is 2. The van der Waals surface area contributed by atoms with Gasteiger partial charge in [-0.3, -0.25) is 4.79 Å². The first-order chi connectivity index (χ1) is 11.8. The van der Waals surface area contributed by atoms with Gasteiger partial charge in [0, 0.05) is 13.1 Å². The van der Waals surface area contributed by atoms with Crippen molar-refractivity contribution in [3.05, 3.63) is 29.8 Å². The highest BCUT2D eigenvalue weighted by molar-refractivity contribution is 7.89. The summed E-state index contributed by atoms with van der Waals surface area (Å²) in [6.07, 6.45) is 0. The summed E-state index contributed by atoms with van der Waals surface area (Å²) >= 11 is 0. The van der Waals surface area contributed by atoms with Crippen LogP contribution in [0.2, 0.25) is 0 Å². The Morgan fingerprint density at radius 3 is 2.72 bits per heavy atom. The maximum Gasteiger partial charge on any atom is 0.344 e. The second-order valence-electron chi connectivity index (χ2n) is 5.10. The summed E-state index contributed by atoms with van der Waals surface area (Å²) in [5.41, 5.74) is -0.0214. The molecule has 1 aliphatic heterocycles. The van der Waals surface area contributed by atoms with E-state index in [2.05, 4.69) is 10.1 Å². The van der Waals surface area contributed by atoms with Crippen molar-refractivity contribution >= 4 is 27.9 Å². The third-order valence-corrected chi connectivity index (χ3v) is 5.18. The molecule has 0 spiro atoms. The number of amides is 1. The van der Waals surface area contributed by atoms with Crippen LogP contribution in [0.25, 0.3) is 0 Å². The first-order valence-corrected chi connectivity index (χ1v) is 8.98. The highest BCUT2D eigenvalue weighted by atomic mass is 32.2. The molecule has 1 aliphatic rings. The van der Waals surface area contributed by atoms with Crippen LogP contribution in [0.4, 0.5) is 0 Å². The topological polar surface area (TPSA) is 119 Å². The van der Waals surface area contributed by atoms with Gasteiger partial charge in [0.25, 0.3) is 0 Å². The van der Waals surface area contributed by atoms with Gasteiger partial charge in [-0.2, -0.15) is 4.31 Å². The molecular weight excluding hydrogens is 352 g/mol. The normalized spacial score (nSPS) is 15.3. The van der Waals surface area contributed by atoms with Gasteiger partial charge in [0.2, 0.25) is 15.9 Å². The van der Waals surface area contributed by atoms with Gasteiger partial charge in [-0.1, -0.05) is 6.07 Å². The van der Waals surface area contributed by atoms with Crippen molar-refractivity contribution in [1.82, 2.24) is 9.62 Å². The van der Waals surface area contributed by atoms with Crippen LogP contribution in [0.1, 0.15) is 17.3 Å². The Morgan fingerprint density at radius 1 is 1.28 bits per heavy atom. The number of hydrogen-bond acceptors (Lipinski definition) is 7. The number of carbonyl (C=O) groups excluding carboxylic acids is 3. The first kappa shape index (κ1) is 18.9.